The van der Waals surface area contributed by atoms with Crippen molar-refractivity contribution >= 4 is 11.9 Å². The van der Waals surface area contributed by atoms with Crippen LogP contribution in [-0.4, -0.2) is 45.3 Å². The molecule has 1 aliphatic rings. The Morgan fingerprint density at radius 1 is 1.44 bits per heavy atom. The smallest absolute Gasteiger partial charge is 0.338 e. The van der Waals surface area contributed by atoms with Crippen LogP contribution in [0.15, 0.2) is 12.4 Å². The quantitative estimate of drug-likeness (QED) is 0.741. The van der Waals surface area contributed by atoms with Crippen LogP contribution >= 0.6 is 0 Å². The van der Waals surface area contributed by atoms with Gasteiger partial charge in [-0.3, -0.25) is 0 Å². The van der Waals surface area contributed by atoms with Gasteiger partial charge >= 0.3 is 5.97 Å². The third-order valence-electron chi connectivity index (χ3n) is 2.56. The van der Waals surface area contributed by atoms with E-state index >= 15 is 0 Å². The van der Waals surface area contributed by atoms with E-state index in [0.29, 0.717) is 12.5 Å². The van der Waals surface area contributed by atoms with Crippen molar-refractivity contribution in [3.8, 4) is 0 Å². The topological polar surface area (TPSA) is 86.5 Å². The number of carbonyl (C=O) groups is 1. The Hall–Kier alpha value is -1.69. The molecule has 0 aliphatic carbocycles. The molecule has 1 saturated heterocycles. The standard InChI is InChI=1S/C10H13N3O3/c14-8-2-1-3-13(6-8)10-11-4-7(5-12-10)9(15)16/h4-5,8,14H,1-3,6H2,(H,15,16)/t8-/m0/s1. The summed E-state index contributed by atoms with van der Waals surface area (Å²) in [5, 5.41) is 18.2. The van der Waals surface area contributed by atoms with Crippen LogP contribution in [0.1, 0.15) is 23.2 Å². The van der Waals surface area contributed by atoms with E-state index in [-0.39, 0.29) is 11.7 Å². The third-order valence-corrected chi connectivity index (χ3v) is 2.56. The van der Waals surface area contributed by atoms with Gasteiger partial charge in [0.2, 0.25) is 5.95 Å². The monoisotopic (exact) mass is 223 g/mol. The first-order valence-corrected chi connectivity index (χ1v) is 5.15. The molecule has 6 nitrogen and oxygen atoms in total. The summed E-state index contributed by atoms with van der Waals surface area (Å²) >= 11 is 0. The van der Waals surface area contributed by atoms with Crippen LogP contribution in [0, 0.1) is 0 Å². The summed E-state index contributed by atoms with van der Waals surface area (Å²) in [4.78, 5) is 20.4. The van der Waals surface area contributed by atoms with Gasteiger partial charge < -0.3 is 15.1 Å². The maximum absolute atomic E-state index is 10.6. The summed E-state index contributed by atoms with van der Waals surface area (Å²) in [5.41, 5.74) is 0.0707. The molecule has 1 fully saturated rings. The van der Waals surface area contributed by atoms with E-state index in [2.05, 4.69) is 9.97 Å². The molecule has 1 aromatic rings. The summed E-state index contributed by atoms with van der Waals surface area (Å²) in [7, 11) is 0. The number of aliphatic hydroxyl groups is 1. The molecule has 2 rings (SSSR count). The van der Waals surface area contributed by atoms with Crippen molar-refractivity contribution in [3.05, 3.63) is 18.0 Å². The number of carboxylic acid groups (broad SMARTS) is 1. The van der Waals surface area contributed by atoms with Gasteiger partial charge in [-0.15, -0.1) is 0 Å². The Morgan fingerprint density at radius 2 is 2.12 bits per heavy atom. The first kappa shape index (κ1) is 10.8. The van der Waals surface area contributed by atoms with Crippen LogP contribution in [0.25, 0.3) is 0 Å². The number of aliphatic hydroxyl groups excluding tert-OH is 1. The van der Waals surface area contributed by atoms with E-state index in [1.807, 2.05) is 4.90 Å². The SMILES string of the molecule is O=C(O)c1cnc(N2CCC[C@H](O)C2)nc1. The van der Waals surface area contributed by atoms with Crippen LogP contribution in [0.5, 0.6) is 0 Å². The van der Waals surface area contributed by atoms with Gasteiger partial charge in [-0.1, -0.05) is 0 Å². The lowest BCUT2D eigenvalue weighted by atomic mass is 10.1. The Bertz CT molecular complexity index is 379. The highest BCUT2D eigenvalue weighted by Gasteiger charge is 2.19. The fraction of sp³-hybridized carbons (Fsp3) is 0.500. The molecule has 6 heteroatoms. The maximum atomic E-state index is 10.6. The molecule has 0 amide bonds. The molecule has 16 heavy (non-hydrogen) atoms. The van der Waals surface area contributed by atoms with Crippen LogP contribution in [0.2, 0.25) is 0 Å². The minimum Gasteiger partial charge on any atom is -0.478 e. The van der Waals surface area contributed by atoms with Crippen LogP contribution in [0.3, 0.4) is 0 Å². The molecule has 1 aliphatic heterocycles. The number of hydrogen-bond acceptors (Lipinski definition) is 5. The number of piperidine rings is 1. The van der Waals surface area contributed by atoms with Gasteiger partial charge in [-0.25, -0.2) is 14.8 Å². The summed E-state index contributed by atoms with van der Waals surface area (Å²) in [6.07, 6.45) is 3.91. The Balaban J connectivity index is 2.11. The predicted octanol–water partition coefficient (Wildman–Crippen LogP) is 0.136. The molecule has 0 aromatic carbocycles. The second-order valence-corrected chi connectivity index (χ2v) is 3.82. The highest BCUT2D eigenvalue weighted by molar-refractivity contribution is 5.86. The van der Waals surface area contributed by atoms with Gasteiger partial charge in [0.25, 0.3) is 0 Å². The van der Waals surface area contributed by atoms with E-state index in [1.54, 1.807) is 0 Å². The Morgan fingerprint density at radius 3 is 2.69 bits per heavy atom. The molecule has 1 atom stereocenters. The van der Waals surface area contributed by atoms with Gasteiger partial charge in [-0.05, 0) is 12.8 Å². The zero-order valence-electron chi connectivity index (χ0n) is 8.70. The minimum atomic E-state index is -1.04. The number of rotatable bonds is 2. The third kappa shape index (κ3) is 2.27. The molecular formula is C10H13N3O3. The molecule has 0 bridgehead atoms. The van der Waals surface area contributed by atoms with Gasteiger partial charge in [0.05, 0.1) is 11.7 Å². The lowest BCUT2D eigenvalue weighted by molar-refractivity contribution is 0.0696. The van der Waals surface area contributed by atoms with Crippen molar-refractivity contribution in [2.75, 3.05) is 18.0 Å². The lowest BCUT2D eigenvalue weighted by Gasteiger charge is -2.29. The van der Waals surface area contributed by atoms with Gasteiger partial charge in [0.1, 0.15) is 0 Å². The van der Waals surface area contributed by atoms with E-state index in [9.17, 15) is 9.90 Å². The summed E-state index contributed by atoms with van der Waals surface area (Å²) in [6.45, 7) is 1.30. The first-order chi connectivity index (χ1) is 7.66. The number of nitrogens with zero attached hydrogens (tertiary/aromatic N) is 3. The Labute approximate surface area is 92.6 Å². The van der Waals surface area contributed by atoms with Crippen molar-refractivity contribution in [3.63, 3.8) is 0 Å². The van der Waals surface area contributed by atoms with E-state index in [1.165, 1.54) is 12.4 Å². The fourth-order valence-corrected chi connectivity index (χ4v) is 1.73. The number of anilines is 1. The van der Waals surface area contributed by atoms with Crippen molar-refractivity contribution in [1.29, 1.82) is 0 Å². The Kier molecular flexibility index (Phi) is 3.00. The molecule has 2 N–H and O–H groups in total. The lowest BCUT2D eigenvalue weighted by Crippen LogP contribution is -2.39. The van der Waals surface area contributed by atoms with Gasteiger partial charge in [0.15, 0.2) is 0 Å². The second-order valence-electron chi connectivity index (χ2n) is 3.82. The largest absolute Gasteiger partial charge is 0.478 e. The molecule has 0 unspecified atom stereocenters. The zero-order chi connectivity index (χ0) is 11.5. The fourth-order valence-electron chi connectivity index (χ4n) is 1.73. The average Bonchev–Trinajstić information content (AvgIpc) is 2.29. The molecule has 0 radical (unpaired) electrons. The second kappa shape index (κ2) is 4.44. The van der Waals surface area contributed by atoms with E-state index < -0.39 is 5.97 Å². The molecule has 0 saturated carbocycles. The summed E-state index contributed by atoms with van der Waals surface area (Å²) in [5.74, 6) is -0.561. The van der Waals surface area contributed by atoms with Crippen molar-refractivity contribution in [1.82, 2.24) is 9.97 Å². The maximum Gasteiger partial charge on any atom is 0.338 e. The zero-order valence-corrected chi connectivity index (χ0v) is 8.70. The summed E-state index contributed by atoms with van der Waals surface area (Å²) < 4.78 is 0. The highest BCUT2D eigenvalue weighted by atomic mass is 16.4. The molecule has 1 aromatic heterocycles. The van der Waals surface area contributed by atoms with Gasteiger partial charge in [-0.2, -0.15) is 0 Å². The number of β-amino-alcohol motifs (C(OH)–C–C–N with tert-alkyl or cyclic N) is 1. The van der Waals surface area contributed by atoms with E-state index in [4.69, 9.17) is 5.11 Å². The molecule has 0 spiro atoms. The van der Waals surface area contributed by atoms with Crippen molar-refractivity contribution < 1.29 is 15.0 Å². The number of hydrogen-bond donors (Lipinski definition) is 2. The van der Waals surface area contributed by atoms with Crippen LogP contribution < -0.4 is 4.90 Å². The van der Waals surface area contributed by atoms with Crippen molar-refractivity contribution in [2.45, 2.75) is 18.9 Å². The molecular weight excluding hydrogens is 210 g/mol. The number of carboxylic acids is 1. The normalized spacial score (nSPS) is 20.8. The number of aromatic carboxylic acids is 1. The predicted molar refractivity (Wildman–Crippen MR) is 56.4 cm³/mol. The van der Waals surface area contributed by atoms with E-state index in [0.717, 1.165) is 19.4 Å². The molecule has 2 heterocycles. The number of aromatic nitrogens is 2. The van der Waals surface area contributed by atoms with Gasteiger partial charge in [0, 0.05) is 25.5 Å². The van der Waals surface area contributed by atoms with Crippen LogP contribution in [-0.2, 0) is 0 Å². The van der Waals surface area contributed by atoms with Crippen molar-refractivity contribution in [2.24, 2.45) is 0 Å². The highest BCUT2D eigenvalue weighted by Crippen LogP contribution is 2.15. The summed E-state index contributed by atoms with van der Waals surface area (Å²) in [6, 6.07) is 0. The molecule has 86 valence electrons. The first-order valence-electron chi connectivity index (χ1n) is 5.15. The average molecular weight is 223 g/mol. The minimum absolute atomic E-state index is 0.0707. The van der Waals surface area contributed by atoms with Crippen LogP contribution in [0.4, 0.5) is 5.95 Å².